The fourth-order valence-corrected chi connectivity index (χ4v) is 2.33. The molecule has 0 amide bonds. The van der Waals surface area contributed by atoms with Gasteiger partial charge in [-0.2, -0.15) is 0 Å². The van der Waals surface area contributed by atoms with E-state index in [9.17, 15) is 4.79 Å². The van der Waals surface area contributed by atoms with Crippen LogP contribution in [-0.4, -0.2) is 6.29 Å². The molecule has 1 fully saturated rings. The second kappa shape index (κ2) is 1.94. The van der Waals surface area contributed by atoms with Gasteiger partial charge in [0.15, 0.2) is 0 Å². The number of hydrogen-bond acceptors (Lipinski definition) is 1. The topological polar surface area (TPSA) is 17.1 Å². The zero-order valence-electron chi connectivity index (χ0n) is 6.16. The van der Waals surface area contributed by atoms with Crippen molar-refractivity contribution >= 4 is 6.29 Å². The van der Waals surface area contributed by atoms with Gasteiger partial charge in [-0.25, -0.2) is 0 Å². The van der Waals surface area contributed by atoms with Crippen LogP contribution >= 0.6 is 0 Å². The van der Waals surface area contributed by atoms with Crippen LogP contribution in [-0.2, 0) is 4.79 Å². The van der Waals surface area contributed by atoms with Gasteiger partial charge in [0.1, 0.15) is 6.29 Å². The van der Waals surface area contributed by atoms with Gasteiger partial charge < -0.3 is 4.79 Å². The van der Waals surface area contributed by atoms with Crippen LogP contribution in [0.3, 0.4) is 0 Å². The molecule has 10 heavy (non-hydrogen) atoms. The maximum absolute atomic E-state index is 10.6. The van der Waals surface area contributed by atoms with Crippen molar-refractivity contribution in [1.29, 1.82) is 0 Å². The minimum Gasteiger partial charge on any atom is -0.303 e. The monoisotopic (exact) mass is 136 g/mol. The van der Waals surface area contributed by atoms with Gasteiger partial charge >= 0.3 is 0 Å². The molecule has 0 heterocycles. The molecule has 0 aliphatic heterocycles. The molecule has 2 aliphatic carbocycles. The quantitative estimate of drug-likeness (QED) is 0.395. The molecular formula is C9H12O. The summed E-state index contributed by atoms with van der Waals surface area (Å²) in [4.78, 5) is 10.6. The van der Waals surface area contributed by atoms with Crippen LogP contribution in [0.25, 0.3) is 0 Å². The van der Waals surface area contributed by atoms with Crippen molar-refractivity contribution in [3.63, 3.8) is 0 Å². The summed E-state index contributed by atoms with van der Waals surface area (Å²) in [5, 5.41) is 0. The lowest BCUT2D eigenvalue weighted by atomic mass is 9.86. The predicted octanol–water partition coefficient (Wildman–Crippen LogP) is 1.64. The van der Waals surface area contributed by atoms with Crippen molar-refractivity contribution in [2.45, 2.75) is 13.3 Å². The van der Waals surface area contributed by atoms with E-state index in [1.807, 2.05) is 0 Å². The Labute approximate surface area is 61.1 Å². The molecule has 0 aromatic heterocycles. The Hall–Kier alpha value is -0.590. The van der Waals surface area contributed by atoms with E-state index in [1.54, 1.807) is 0 Å². The fraction of sp³-hybridized carbons (Fsp3) is 0.667. The third-order valence-electron chi connectivity index (χ3n) is 3.08. The maximum atomic E-state index is 10.6. The summed E-state index contributed by atoms with van der Waals surface area (Å²) in [6, 6.07) is 0. The molecule has 1 saturated carbocycles. The highest BCUT2D eigenvalue weighted by Gasteiger charge is 2.41. The van der Waals surface area contributed by atoms with Crippen LogP contribution in [0.5, 0.6) is 0 Å². The van der Waals surface area contributed by atoms with Crippen LogP contribution in [0, 0.1) is 23.7 Å². The Morgan fingerprint density at radius 1 is 1.40 bits per heavy atom. The summed E-state index contributed by atoms with van der Waals surface area (Å²) in [6.07, 6.45) is 6.85. The van der Waals surface area contributed by atoms with Gasteiger partial charge in [-0.05, 0) is 24.2 Å². The Kier molecular flexibility index (Phi) is 1.19. The highest BCUT2D eigenvalue weighted by atomic mass is 16.1. The molecule has 2 rings (SSSR count). The van der Waals surface area contributed by atoms with Crippen molar-refractivity contribution in [2.24, 2.45) is 23.7 Å². The van der Waals surface area contributed by atoms with E-state index < -0.39 is 0 Å². The molecule has 1 unspecified atom stereocenters. The number of carbonyl (C=O) groups is 1. The lowest BCUT2D eigenvalue weighted by Gasteiger charge is -2.18. The average molecular weight is 136 g/mol. The fourth-order valence-electron chi connectivity index (χ4n) is 2.33. The average Bonchev–Trinajstić information content (AvgIpc) is 2.46. The van der Waals surface area contributed by atoms with Crippen molar-refractivity contribution < 1.29 is 4.79 Å². The molecular weight excluding hydrogens is 124 g/mol. The third kappa shape index (κ3) is 0.606. The second-order valence-electron chi connectivity index (χ2n) is 3.52. The third-order valence-corrected chi connectivity index (χ3v) is 3.08. The summed E-state index contributed by atoms with van der Waals surface area (Å²) in [7, 11) is 0. The van der Waals surface area contributed by atoms with Crippen LogP contribution in [0.2, 0.25) is 0 Å². The minimum atomic E-state index is 0.329. The van der Waals surface area contributed by atoms with E-state index in [4.69, 9.17) is 0 Å². The molecule has 0 saturated heterocycles. The Morgan fingerprint density at radius 2 is 2.10 bits per heavy atom. The number of fused-ring (bicyclic) bond motifs is 2. The first-order chi connectivity index (χ1) is 4.83. The molecule has 0 spiro atoms. The molecule has 0 N–H and O–H groups in total. The zero-order chi connectivity index (χ0) is 7.14. The van der Waals surface area contributed by atoms with Crippen LogP contribution in [0.1, 0.15) is 13.3 Å². The van der Waals surface area contributed by atoms with Crippen molar-refractivity contribution in [1.82, 2.24) is 0 Å². The molecule has 1 nitrogen and oxygen atoms in total. The lowest BCUT2D eigenvalue weighted by molar-refractivity contribution is -0.112. The number of carbonyl (C=O) groups excluding carboxylic acids is 1. The van der Waals surface area contributed by atoms with E-state index in [2.05, 4.69) is 19.1 Å². The smallest absolute Gasteiger partial charge is 0.123 e. The van der Waals surface area contributed by atoms with E-state index >= 15 is 0 Å². The van der Waals surface area contributed by atoms with Gasteiger partial charge in [0, 0.05) is 5.92 Å². The molecule has 1 heteroatoms. The zero-order valence-corrected chi connectivity index (χ0v) is 6.16. The highest BCUT2D eigenvalue weighted by molar-refractivity contribution is 5.57. The van der Waals surface area contributed by atoms with Crippen LogP contribution < -0.4 is 0 Å². The van der Waals surface area contributed by atoms with Gasteiger partial charge in [-0.15, -0.1) is 0 Å². The largest absolute Gasteiger partial charge is 0.303 e. The standard InChI is InChI=1S/C9H12O/c1-6-7-2-3-8(4-7)9(6)5-10/h2-3,5-9H,4H2,1H3/t6?,7-,8+,9-/m0/s1. The molecule has 54 valence electrons. The lowest BCUT2D eigenvalue weighted by Crippen LogP contribution is -2.17. The van der Waals surface area contributed by atoms with E-state index in [0.29, 0.717) is 23.7 Å². The second-order valence-corrected chi connectivity index (χ2v) is 3.52. The normalized spacial score (nSPS) is 50.1. The van der Waals surface area contributed by atoms with Gasteiger partial charge in [0.25, 0.3) is 0 Å². The number of rotatable bonds is 1. The molecule has 0 aromatic rings. The first-order valence-electron chi connectivity index (χ1n) is 3.96. The van der Waals surface area contributed by atoms with Gasteiger partial charge in [-0.1, -0.05) is 19.1 Å². The Balaban J connectivity index is 2.25. The maximum Gasteiger partial charge on any atom is 0.123 e. The summed E-state index contributed by atoms with van der Waals surface area (Å²) in [6.45, 7) is 2.19. The predicted molar refractivity (Wildman–Crippen MR) is 39.5 cm³/mol. The first-order valence-corrected chi connectivity index (χ1v) is 3.96. The molecule has 4 atom stereocenters. The van der Waals surface area contributed by atoms with Gasteiger partial charge in [0.05, 0.1) is 0 Å². The molecule has 2 aliphatic rings. The van der Waals surface area contributed by atoms with E-state index in [-0.39, 0.29) is 0 Å². The highest BCUT2D eigenvalue weighted by Crippen LogP contribution is 2.46. The van der Waals surface area contributed by atoms with Gasteiger partial charge in [0.2, 0.25) is 0 Å². The number of aldehydes is 1. The summed E-state index contributed by atoms with van der Waals surface area (Å²) in [5.41, 5.74) is 0. The van der Waals surface area contributed by atoms with Crippen LogP contribution in [0.4, 0.5) is 0 Å². The Bertz CT molecular complexity index is 183. The van der Waals surface area contributed by atoms with E-state index in [0.717, 1.165) is 6.29 Å². The molecule has 0 aromatic carbocycles. The molecule has 0 radical (unpaired) electrons. The minimum absolute atomic E-state index is 0.329. The van der Waals surface area contributed by atoms with Crippen molar-refractivity contribution in [3.8, 4) is 0 Å². The number of hydrogen-bond donors (Lipinski definition) is 0. The van der Waals surface area contributed by atoms with E-state index in [1.165, 1.54) is 6.42 Å². The number of allylic oxidation sites excluding steroid dienone is 2. The summed E-state index contributed by atoms with van der Waals surface area (Å²) >= 11 is 0. The first kappa shape index (κ1) is 6.14. The van der Waals surface area contributed by atoms with Gasteiger partial charge in [-0.3, -0.25) is 0 Å². The van der Waals surface area contributed by atoms with Crippen molar-refractivity contribution in [3.05, 3.63) is 12.2 Å². The molecule has 2 bridgehead atoms. The van der Waals surface area contributed by atoms with Crippen LogP contribution in [0.15, 0.2) is 12.2 Å². The van der Waals surface area contributed by atoms with Crippen molar-refractivity contribution in [2.75, 3.05) is 0 Å². The summed E-state index contributed by atoms with van der Waals surface area (Å²) in [5.74, 6) is 2.22. The SMILES string of the molecule is CC1[C@H]2C=C[C@H](C2)[C@H]1C=O. The Morgan fingerprint density at radius 3 is 2.50 bits per heavy atom. The summed E-state index contributed by atoms with van der Waals surface area (Å²) < 4.78 is 0.